The molecule has 8 heteroatoms. The van der Waals surface area contributed by atoms with E-state index >= 15 is 0 Å². The molecule has 0 aromatic heterocycles. The molecule has 3 aromatic carbocycles. The summed E-state index contributed by atoms with van der Waals surface area (Å²) in [6.07, 6.45) is 0.340. The van der Waals surface area contributed by atoms with E-state index in [4.69, 9.17) is 9.47 Å². The number of amidine groups is 1. The van der Waals surface area contributed by atoms with Gasteiger partial charge in [0.1, 0.15) is 23.2 Å². The summed E-state index contributed by atoms with van der Waals surface area (Å²) in [6.45, 7) is 3.80. The zero-order valence-electron chi connectivity index (χ0n) is 19.8. The zero-order chi connectivity index (χ0) is 24.9. The highest BCUT2D eigenvalue weighted by atomic mass is 32.2. The Bertz CT molecular complexity index is 1240. The topological polar surface area (TPSA) is 97.2 Å². The van der Waals surface area contributed by atoms with Crippen LogP contribution in [0.4, 0.5) is 0 Å². The Kier molecular flexibility index (Phi) is 7.42. The first-order valence-corrected chi connectivity index (χ1v) is 13.0. The van der Waals surface area contributed by atoms with Crippen molar-refractivity contribution in [2.24, 2.45) is 4.99 Å². The van der Waals surface area contributed by atoms with Gasteiger partial charge in [-0.3, -0.25) is 0 Å². The standard InChI is InChI=1S/C27H30N2O5S/c1-27(2)25(22-13-15-23(16-14-22)33-19-20-9-5-3-6-10-20)35(31,32)29-26(34-27)28-24(17-18-30)21-11-7-4-8-12-21/h3-16,24-25,30H,17-19H2,1-2H3,(H,28,29)/t24?,25-/m0/s1. The molecule has 1 aliphatic heterocycles. The normalized spacial score (nSPS) is 20.4. The van der Waals surface area contributed by atoms with E-state index in [1.807, 2.05) is 60.7 Å². The molecule has 2 N–H and O–H groups in total. The van der Waals surface area contributed by atoms with E-state index in [0.29, 0.717) is 24.3 Å². The lowest BCUT2D eigenvalue weighted by atomic mass is 9.97. The monoisotopic (exact) mass is 494 g/mol. The summed E-state index contributed by atoms with van der Waals surface area (Å²) in [4.78, 5) is 4.51. The van der Waals surface area contributed by atoms with Crippen molar-refractivity contribution >= 4 is 16.0 Å². The Balaban J connectivity index is 1.53. The molecule has 1 saturated heterocycles. The minimum atomic E-state index is -3.85. The summed E-state index contributed by atoms with van der Waals surface area (Å²) in [6, 6.07) is 25.7. The minimum Gasteiger partial charge on any atom is -0.489 e. The van der Waals surface area contributed by atoms with E-state index < -0.39 is 26.9 Å². The van der Waals surface area contributed by atoms with Gasteiger partial charge in [-0.1, -0.05) is 72.8 Å². The van der Waals surface area contributed by atoms with Crippen molar-refractivity contribution in [1.82, 2.24) is 4.72 Å². The summed E-state index contributed by atoms with van der Waals surface area (Å²) >= 11 is 0. The van der Waals surface area contributed by atoms with Crippen molar-refractivity contribution in [1.29, 1.82) is 0 Å². The van der Waals surface area contributed by atoms with Gasteiger partial charge in [-0.25, -0.2) is 18.1 Å². The molecular formula is C27H30N2O5S. The van der Waals surface area contributed by atoms with Crippen molar-refractivity contribution in [3.05, 3.63) is 102 Å². The van der Waals surface area contributed by atoms with E-state index in [-0.39, 0.29) is 12.6 Å². The number of aliphatic imine (C=N–C) groups is 1. The summed E-state index contributed by atoms with van der Waals surface area (Å²) in [7, 11) is -3.85. The predicted molar refractivity (Wildman–Crippen MR) is 135 cm³/mol. The molecule has 1 fully saturated rings. The first-order chi connectivity index (χ1) is 16.8. The quantitative estimate of drug-likeness (QED) is 0.480. The molecule has 0 radical (unpaired) electrons. The van der Waals surface area contributed by atoms with Gasteiger partial charge in [-0.15, -0.1) is 0 Å². The minimum absolute atomic E-state index is 0.0728. The molecular weight excluding hydrogens is 464 g/mol. The fourth-order valence-corrected chi connectivity index (χ4v) is 6.00. The second-order valence-corrected chi connectivity index (χ2v) is 10.7. The van der Waals surface area contributed by atoms with Crippen LogP contribution in [0.5, 0.6) is 5.75 Å². The lowest BCUT2D eigenvalue weighted by molar-refractivity contribution is 0.0758. The largest absolute Gasteiger partial charge is 0.489 e. The van der Waals surface area contributed by atoms with Crippen LogP contribution in [0.1, 0.15) is 48.3 Å². The van der Waals surface area contributed by atoms with Crippen LogP contribution in [0.15, 0.2) is 89.9 Å². The molecule has 0 aliphatic carbocycles. The smallest absolute Gasteiger partial charge is 0.299 e. The predicted octanol–water partition coefficient (Wildman–Crippen LogP) is 4.51. The third-order valence-electron chi connectivity index (χ3n) is 5.82. The van der Waals surface area contributed by atoms with Gasteiger partial charge < -0.3 is 14.6 Å². The van der Waals surface area contributed by atoms with Crippen molar-refractivity contribution in [3.8, 4) is 5.75 Å². The van der Waals surface area contributed by atoms with Crippen molar-refractivity contribution in [2.75, 3.05) is 6.61 Å². The zero-order valence-corrected chi connectivity index (χ0v) is 20.6. The molecule has 3 aromatic rings. The van der Waals surface area contributed by atoms with Gasteiger partial charge in [0, 0.05) is 6.61 Å². The summed E-state index contributed by atoms with van der Waals surface area (Å²) in [5, 5.41) is 8.54. The highest BCUT2D eigenvalue weighted by molar-refractivity contribution is 7.90. The number of aliphatic hydroxyl groups excluding tert-OH is 1. The first-order valence-electron chi connectivity index (χ1n) is 11.5. The van der Waals surface area contributed by atoms with E-state index in [1.54, 1.807) is 38.1 Å². The van der Waals surface area contributed by atoms with Gasteiger partial charge >= 0.3 is 0 Å². The van der Waals surface area contributed by atoms with Crippen LogP contribution < -0.4 is 9.46 Å². The number of nitrogens with zero attached hydrogens (tertiary/aromatic N) is 1. The van der Waals surface area contributed by atoms with E-state index in [2.05, 4.69) is 9.71 Å². The Morgan fingerprint density at radius 3 is 2.23 bits per heavy atom. The molecule has 0 amide bonds. The Morgan fingerprint density at radius 1 is 1.00 bits per heavy atom. The fraction of sp³-hybridized carbons (Fsp3) is 0.296. The van der Waals surface area contributed by atoms with Gasteiger partial charge in [0.05, 0.1) is 6.04 Å². The molecule has 2 atom stereocenters. The average molecular weight is 495 g/mol. The molecule has 7 nitrogen and oxygen atoms in total. The number of nitrogens with one attached hydrogen (secondary N) is 1. The molecule has 0 spiro atoms. The Hall–Kier alpha value is -3.36. The summed E-state index contributed by atoms with van der Waals surface area (Å²) in [5.74, 6) is 0.648. The van der Waals surface area contributed by atoms with Gasteiger partial charge in [-0.05, 0) is 49.1 Å². The summed E-state index contributed by atoms with van der Waals surface area (Å²) < 4.78 is 41.0. The number of rotatable bonds is 8. The first kappa shape index (κ1) is 24.8. The molecule has 0 saturated carbocycles. The van der Waals surface area contributed by atoms with E-state index in [0.717, 1.165) is 11.1 Å². The lowest BCUT2D eigenvalue weighted by Gasteiger charge is -2.39. The number of sulfonamides is 1. The molecule has 35 heavy (non-hydrogen) atoms. The molecule has 1 aliphatic rings. The number of hydrogen-bond acceptors (Lipinski definition) is 6. The van der Waals surface area contributed by atoms with Crippen LogP contribution in [-0.4, -0.2) is 31.8 Å². The second kappa shape index (κ2) is 10.5. The maximum atomic E-state index is 13.3. The van der Waals surface area contributed by atoms with Gasteiger partial charge in [0.25, 0.3) is 6.02 Å². The highest BCUT2D eigenvalue weighted by Gasteiger charge is 2.48. The summed E-state index contributed by atoms with van der Waals surface area (Å²) in [5.41, 5.74) is 1.41. The van der Waals surface area contributed by atoms with Crippen molar-refractivity contribution < 1.29 is 23.0 Å². The van der Waals surface area contributed by atoms with E-state index in [9.17, 15) is 13.5 Å². The SMILES string of the molecule is CC1(C)OC(=NC(CCO)c2ccccc2)NS(=O)(=O)[C@H]1c1ccc(OCc2ccccc2)cc1. The van der Waals surface area contributed by atoms with Gasteiger partial charge in [0.2, 0.25) is 10.0 Å². The molecule has 1 unspecified atom stereocenters. The van der Waals surface area contributed by atoms with Crippen molar-refractivity contribution in [3.63, 3.8) is 0 Å². The number of hydrogen-bond donors (Lipinski definition) is 2. The molecule has 4 rings (SSSR count). The second-order valence-electron chi connectivity index (χ2n) is 8.95. The Morgan fingerprint density at radius 2 is 1.63 bits per heavy atom. The maximum absolute atomic E-state index is 13.3. The van der Waals surface area contributed by atoms with Gasteiger partial charge in [0.15, 0.2) is 0 Å². The third kappa shape index (κ3) is 6.01. The van der Waals surface area contributed by atoms with Crippen molar-refractivity contribution in [2.45, 2.75) is 43.8 Å². The highest BCUT2D eigenvalue weighted by Crippen LogP contribution is 2.39. The number of benzene rings is 3. The van der Waals surface area contributed by atoms with Crippen LogP contribution in [0.25, 0.3) is 0 Å². The average Bonchev–Trinajstić information content (AvgIpc) is 2.83. The lowest BCUT2D eigenvalue weighted by Crippen LogP contribution is -2.53. The Labute approximate surface area is 206 Å². The van der Waals surface area contributed by atoms with Crippen LogP contribution in [0.3, 0.4) is 0 Å². The van der Waals surface area contributed by atoms with Crippen LogP contribution in [0, 0.1) is 0 Å². The molecule has 184 valence electrons. The fourth-order valence-electron chi connectivity index (χ4n) is 4.24. The van der Waals surface area contributed by atoms with Crippen LogP contribution in [0.2, 0.25) is 0 Å². The van der Waals surface area contributed by atoms with Crippen LogP contribution >= 0.6 is 0 Å². The van der Waals surface area contributed by atoms with Gasteiger partial charge in [-0.2, -0.15) is 0 Å². The third-order valence-corrected chi connectivity index (χ3v) is 7.74. The maximum Gasteiger partial charge on any atom is 0.299 e. The number of aliphatic hydroxyl groups is 1. The van der Waals surface area contributed by atoms with Crippen LogP contribution in [-0.2, 0) is 21.4 Å². The molecule has 0 bridgehead atoms. The van der Waals surface area contributed by atoms with E-state index in [1.165, 1.54) is 0 Å². The molecule has 1 heterocycles. The number of ether oxygens (including phenoxy) is 2.